The summed E-state index contributed by atoms with van der Waals surface area (Å²) >= 11 is 0. The van der Waals surface area contributed by atoms with E-state index in [4.69, 9.17) is 0 Å². The van der Waals surface area contributed by atoms with E-state index in [0.717, 1.165) is 25.1 Å². The molecule has 1 aromatic carbocycles. The number of hydrogen-bond acceptors (Lipinski definition) is 3. The van der Waals surface area contributed by atoms with Crippen LogP contribution < -0.4 is 5.32 Å². The fourth-order valence-electron chi connectivity index (χ4n) is 1.75. The molecular weight excluding hydrogens is 209 g/mol. The summed E-state index contributed by atoms with van der Waals surface area (Å²) in [5.41, 5.74) is 2.54. The van der Waals surface area contributed by atoms with Crippen LogP contribution in [0.4, 0.5) is 4.53 Å². The molecule has 2 rings (SSSR count). The van der Waals surface area contributed by atoms with Gasteiger partial charge in [-0.2, -0.15) is 0 Å². The first-order valence-electron chi connectivity index (χ1n) is 5.14. The lowest BCUT2D eigenvalue weighted by Crippen LogP contribution is -2.20. The van der Waals surface area contributed by atoms with Crippen LogP contribution >= 0.6 is 0 Å². The number of benzene rings is 1. The molecule has 1 aliphatic rings. The number of rotatable bonds is 2. The number of hydrogen-bond donors (Lipinski definition) is 1. The van der Waals surface area contributed by atoms with Crippen LogP contribution in [0.1, 0.15) is 22.3 Å². The summed E-state index contributed by atoms with van der Waals surface area (Å²) in [5, 5.41) is 3.22. The molecule has 84 valence electrons. The first-order chi connectivity index (χ1) is 7.81. The molecule has 4 heteroatoms. The van der Waals surface area contributed by atoms with Gasteiger partial charge in [0.15, 0.2) is 0 Å². The minimum absolute atomic E-state index is 0.223. The van der Waals surface area contributed by atoms with Gasteiger partial charge in [-0.1, -0.05) is 18.2 Å². The van der Waals surface area contributed by atoms with Gasteiger partial charge in [-0.25, -0.2) is 9.74 Å². The Labute approximate surface area is 92.8 Å². The van der Waals surface area contributed by atoms with Crippen molar-refractivity contribution < 1.29 is 14.3 Å². The molecule has 0 unspecified atom stereocenters. The second-order valence-corrected chi connectivity index (χ2v) is 3.63. The van der Waals surface area contributed by atoms with Crippen molar-refractivity contribution in [2.24, 2.45) is 0 Å². The zero-order valence-electron chi connectivity index (χ0n) is 8.70. The molecule has 0 atom stereocenters. The summed E-state index contributed by atoms with van der Waals surface area (Å²) in [6, 6.07) is 6.76. The number of carbonyl (C=O) groups excluding carboxylic acids is 1. The maximum Gasteiger partial charge on any atom is 0.379 e. The molecule has 0 aliphatic carbocycles. The van der Waals surface area contributed by atoms with Gasteiger partial charge in [0.1, 0.15) is 0 Å². The third kappa shape index (κ3) is 2.28. The van der Waals surface area contributed by atoms with Crippen molar-refractivity contribution in [1.82, 2.24) is 5.32 Å². The summed E-state index contributed by atoms with van der Waals surface area (Å²) in [5.74, 6) is -0.953. The Morgan fingerprint density at radius 3 is 2.62 bits per heavy atom. The highest BCUT2D eigenvalue weighted by atomic mass is 19.3. The van der Waals surface area contributed by atoms with Crippen molar-refractivity contribution in [3.8, 4) is 0 Å². The molecule has 0 bridgehead atoms. The van der Waals surface area contributed by atoms with Crippen LogP contribution in [0.3, 0.4) is 0 Å². The van der Waals surface area contributed by atoms with Gasteiger partial charge in [-0.15, -0.1) is 0 Å². The Kier molecular flexibility index (Phi) is 3.31. The first-order valence-corrected chi connectivity index (χ1v) is 5.14. The third-order valence-corrected chi connectivity index (χ3v) is 2.63. The SMILES string of the molecule is O=C(OF)c1ccc(C2=CCNCC2)cc1. The fourth-order valence-corrected chi connectivity index (χ4v) is 1.75. The lowest BCUT2D eigenvalue weighted by Gasteiger charge is -2.14. The van der Waals surface area contributed by atoms with E-state index >= 15 is 0 Å². The second-order valence-electron chi connectivity index (χ2n) is 3.63. The van der Waals surface area contributed by atoms with Crippen LogP contribution in [0, 0.1) is 0 Å². The lowest BCUT2D eigenvalue weighted by atomic mass is 9.99. The molecule has 0 fully saturated rings. The highest BCUT2D eigenvalue weighted by Crippen LogP contribution is 2.20. The average molecular weight is 221 g/mol. The zero-order valence-corrected chi connectivity index (χ0v) is 8.70. The first kappa shape index (κ1) is 10.8. The van der Waals surface area contributed by atoms with Gasteiger partial charge in [0.05, 0.1) is 5.56 Å². The molecule has 0 saturated heterocycles. The summed E-state index contributed by atoms with van der Waals surface area (Å²) < 4.78 is 11.7. The Hall–Kier alpha value is -1.68. The summed E-state index contributed by atoms with van der Waals surface area (Å²) in [4.78, 5) is 14.0. The van der Waals surface area contributed by atoms with Crippen LogP contribution in [-0.4, -0.2) is 19.1 Å². The molecular formula is C12H12FNO2. The smallest absolute Gasteiger partial charge is 0.313 e. The molecule has 1 heterocycles. The molecule has 0 spiro atoms. The quantitative estimate of drug-likeness (QED) is 0.831. The van der Waals surface area contributed by atoms with Gasteiger partial charge >= 0.3 is 5.97 Å². The van der Waals surface area contributed by atoms with Gasteiger partial charge in [0, 0.05) is 11.1 Å². The van der Waals surface area contributed by atoms with Crippen molar-refractivity contribution >= 4 is 11.5 Å². The van der Waals surface area contributed by atoms with Crippen molar-refractivity contribution in [3.05, 3.63) is 41.5 Å². The molecule has 16 heavy (non-hydrogen) atoms. The molecule has 0 saturated carbocycles. The van der Waals surface area contributed by atoms with Gasteiger partial charge < -0.3 is 5.32 Å². The van der Waals surface area contributed by atoms with Crippen molar-refractivity contribution in [2.75, 3.05) is 13.1 Å². The maximum absolute atomic E-state index is 11.7. The molecule has 1 aliphatic heterocycles. The van der Waals surface area contributed by atoms with E-state index in [9.17, 15) is 9.32 Å². The molecule has 0 amide bonds. The molecule has 1 aromatic rings. The summed E-state index contributed by atoms with van der Waals surface area (Å²) in [6.45, 7) is 1.82. The average Bonchev–Trinajstić information content (AvgIpc) is 2.39. The standard InChI is InChI=1S/C12H12FNO2/c13-16-12(15)11-3-1-9(2-4-11)10-5-7-14-8-6-10/h1-5,14H,6-8H2. The van der Waals surface area contributed by atoms with E-state index in [-0.39, 0.29) is 5.56 Å². The highest BCUT2D eigenvalue weighted by molar-refractivity contribution is 5.89. The molecule has 0 radical (unpaired) electrons. The predicted octanol–water partition coefficient (Wildman–Crippen LogP) is 2.10. The monoisotopic (exact) mass is 221 g/mol. The minimum atomic E-state index is -0.953. The number of nitrogens with one attached hydrogen (secondary N) is 1. The lowest BCUT2D eigenvalue weighted by molar-refractivity contribution is -0.0788. The Balaban J connectivity index is 2.18. The van der Waals surface area contributed by atoms with E-state index < -0.39 is 5.97 Å². The predicted molar refractivity (Wildman–Crippen MR) is 58.4 cm³/mol. The third-order valence-electron chi connectivity index (χ3n) is 2.63. The van der Waals surface area contributed by atoms with Gasteiger partial charge in [-0.05, 0) is 36.2 Å². The van der Waals surface area contributed by atoms with E-state index in [1.165, 1.54) is 5.57 Å². The van der Waals surface area contributed by atoms with Crippen LogP contribution in [0.2, 0.25) is 0 Å². The van der Waals surface area contributed by atoms with Crippen molar-refractivity contribution in [2.45, 2.75) is 6.42 Å². The summed E-state index contributed by atoms with van der Waals surface area (Å²) in [6.07, 6.45) is 3.08. The summed E-state index contributed by atoms with van der Waals surface area (Å²) in [7, 11) is 0. The highest BCUT2D eigenvalue weighted by Gasteiger charge is 2.09. The Bertz CT molecular complexity index is 412. The largest absolute Gasteiger partial charge is 0.379 e. The number of carbonyl (C=O) groups is 1. The molecule has 1 N–H and O–H groups in total. The van der Waals surface area contributed by atoms with Gasteiger partial charge in [0.2, 0.25) is 0 Å². The van der Waals surface area contributed by atoms with Crippen molar-refractivity contribution in [3.63, 3.8) is 0 Å². The van der Waals surface area contributed by atoms with E-state index in [1.807, 2.05) is 12.1 Å². The normalized spacial score (nSPS) is 15.4. The zero-order chi connectivity index (χ0) is 11.4. The van der Waals surface area contributed by atoms with Crippen LogP contribution in [0.25, 0.3) is 5.57 Å². The minimum Gasteiger partial charge on any atom is -0.313 e. The maximum atomic E-state index is 11.7. The van der Waals surface area contributed by atoms with Gasteiger partial charge in [-0.3, -0.25) is 0 Å². The molecule has 3 nitrogen and oxygen atoms in total. The Morgan fingerprint density at radius 2 is 2.06 bits per heavy atom. The second kappa shape index (κ2) is 4.90. The Morgan fingerprint density at radius 1 is 1.31 bits per heavy atom. The fraction of sp³-hybridized carbons (Fsp3) is 0.250. The van der Waals surface area contributed by atoms with E-state index in [1.54, 1.807) is 12.1 Å². The van der Waals surface area contributed by atoms with E-state index in [2.05, 4.69) is 16.3 Å². The topological polar surface area (TPSA) is 38.3 Å². The van der Waals surface area contributed by atoms with Crippen LogP contribution in [-0.2, 0) is 4.94 Å². The molecule has 0 aromatic heterocycles. The van der Waals surface area contributed by atoms with Crippen LogP contribution in [0.15, 0.2) is 30.3 Å². The van der Waals surface area contributed by atoms with E-state index in [0.29, 0.717) is 0 Å². The number of halogens is 1. The van der Waals surface area contributed by atoms with Gasteiger partial charge in [0.25, 0.3) is 0 Å². The van der Waals surface area contributed by atoms with Crippen molar-refractivity contribution in [1.29, 1.82) is 0 Å². The van der Waals surface area contributed by atoms with Crippen LogP contribution in [0.5, 0.6) is 0 Å².